The van der Waals surface area contributed by atoms with Crippen LogP contribution >= 0.6 is 11.2 Å². The molecule has 0 bridgehead atoms. The van der Waals surface area contributed by atoms with Gasteiger partial charge in [0.2, 0.25) is 0 Å². The Bertz CT molecular complexity index is 306. The van der Waals surface area contributed by atoms with Crippen molar-refractivity contribution in [2.75, 3.05) is 5.73 Å². The zero-order chi connectivity index (χ0) is 8.97. The van der Waals surface area contributed by atoms with Gasteiger partial charge < -0.3 is 5.73 Å². The van der Waals surface area contributed by atoms with E-state index >= 15 is 0 Å². The van der Waals surface area contributed by atoms with Gasteiger partial charge in [0.15, 0.2) is 0 Å². The van der Waals surface area contributed by atoms with E-state index < -0.39 is 0 Å². The molecular formula is C9H12N2S. The fraction of sp³-hybridized carbons (Fsp3) is 0.333. The molecular weight excluding hydrogens is 168 g/mol. The van der Waals surface area contributed by atoms with Crippen LogP contribution in [0.3, 0.4) is 0 Å². The van der Waals surface area contributed by atoms with Gasteiger partial charge in [-0.1, -0.05) is 5.18 Å². The Kier molecular flexibility index (Phi) is 3.09. The monoisotopic (exact) mass is 180 g/mol. The van der Waals surface area contributed by atoms with Crippen LogP contribution in [0.15, 0.2) is 18.3 Å². The summed E-state index contributed by atoms with van der Waals surface area (Å²) >= 11 is 1.66. The van der Waals surface area contributed by atoms with Crippen LogP contribution in [0, 0.1) is 5.18 Å². The molecule has 12 heavy (non-hydrogen) atoms. The zero-order valence-electron chi connectivity index (χ0n) is 7.24. The van der Waals surface area contributed by atoms with E-state index in [2.05, 4.69) is 24.0 Å². The van der Waals surface area contributed by atoms with Gasteiger partial charge in [-0.15, -0.1) is 11.2 Å². The van der Waals surface area contributed by atoms with E-state index in [0.29, 0.717) is 11.1 Å². The second kappa shape index (κ2) is 4.10. The van der Waals surface area contributed by atoms with Crippen LogP contribution in [0.25, 0.3) is 0 Å². The molecule has 0 aliphatic heterocycles. The maximum Gasteiger partial charge on any atom is 0.123 e. The summed E-state index contributed by atoms with van der Waals surface area (Å²) in [6.45, 7) is 4.25. The number of aromatic nitrogens is 1. The van der Waals surface area contributed by atoms with Gasteiger partial charge in [0, 0.05) is 17.0 Å². The van der Waals surface area contributed by atoms with Crippen molar-refractivity contribution in [3.8, 4) is 5.18 Å². The smallest absolute Gasteiger partial charge is 0.123 e. The molecule has 0 unspecified atom stereocenters. The first kappa shape index (κ1) is 9.04. The quantitative estimate of drug-likeness (QED) is 0.664. The number of pyridine rings is 1. The predicted molar refractivity (Wildman–Crippen MR) is 54.4 cm³/mol. The van der Waals surface area contributed by atoms with Gasteiger partial charge in [-0.3, -0.25) is 0 Å². The van der Waals surface area contributed by atoms with E-state index in [1.165, 1.54) is 0 Å². The maximum absolute atomic E-state index is 5.44. The number of nitrogens with zero attached hydrogens (tertiary/aromatic N) is 1. The summed E-state index contributed by atoms with van der Waals surface area (Å²) < 4.78 is 0. The molecule has 0 spiro atoms. The van der Waals surface area contributed by atoms with Gasteiger partial charge in [-0.2, -0.15) is 0 Å². The highest BCUT2D eigenvalue weighted by Crippen LogP contribution is 2.02. The number of nitrogen functional groups attached to an aromatic ring is 1. The SMILES string of the molecule is CC(C)S#Cc1ccc(N)nc1. The Labute approximate surface area is 76.4 Å². The first-order valence-corrected chi connectivity index (χ1v) is 4.69. The Morgan fingerprint density at radius 1 is 1.50 bits per heavy atom. The summed E-state index contributed by atoms with van der Waals surface area (Å²) in [5.41, 5.74) is 6.43. The van der Waals surface area contributed by atoms with E-state index in [1.807, 2.05) is 6.07 Å². The van der Waals surface area contributed by atoms with Crippen LogP contribution in [0.5, 0.6) is 0 Å². The molecule has 2 N–H and O–H groups in total. The molecule has 1 rings (SSSR count). The fourth-order valence-corrected chi connectivity index (χ4v) is 1.14. The number of hydrogen-bond donors (Lipinski definition) is 1. The molecule has 3 heteroatoms. The second-order valence-corrected chi connectivity index (χ2v) is 4.12. The average Bonchev–Trinajstić information content (AvgIpc) is 2.03. The highest BCUT2D eigenvalue weighted by Gasteiger charge is 1.87. The van der Waals surface area contributed by atoms with Crippen molar-refractivity contribution in [1.29, 1.82) is 0 Å². The molecule has 0 fully saturated rings. The largest absolute Gasteiger partial charge is 0.384 e. The van der Waals surface area contributed by atoms with Crippen LogP contribution < -0.4 is 5.73 Å². The summed E-state index contributed by atoms with van der Waals surface area (Å²) in [4.78, 5) is 3.96. The topological polar surface area (TPSA) is 38.9 Å². The van der Waals surface area contributed by atoms with E-state index in [9.17, 15) is 0 Å². The van der Waals surface area contributed by atoms with Crippen LogP contribution in [-0.2, 0) is 0 Å². The third-order valence-corrected chi connectivity index (χ3v) is 2.02. The van der Waals surface area contributed by atoms with E-state index in [1.54, 1.807) is 23.4 Å². The van der Waals surface area contributed by atoms with Crippen molar-refractivity contribution in [2.45, 2.75) is 19.1 Å². The lowest BCUT2D eigenvalue weighted by molar-refractivity contribution is 1.12. The lowest BCUT2D eigenvalue weighted by Gasteiger charge is -1.91. The molecule has 2 nitrogen and oxygen atoms in total. The fourth-order valence-electron chi connectivity index (χ4n) is 0.652. The molecule has 0 aliphatic rings. The highest BCUT2D eigenvalue weighted by molar-refractivity contribution is 7.89. The molecule has 64 valence electrons. The Morgan fingerprint density at radius 2 is 2.25 bits per heavy atom. The second-order valence-electron chi connectivity index (χ2n) is 2.74. The van der Waals surface area contributed by atoms with Gasteiger partial charge in [0.25, 0.3) is 0 Å². The minimum Gasteiger partial charge on any atom is -0.384 e. The lowest BCUT2D eigenvalue weighted by Crippen LogP contribution is -1.88. The Hall–Kier alpha value is -1.05. The minimum absolute atomic E-state index is 0.551. The Balaban J connectivity index is 2.79. The van der Waals surface area contributed by atoms with Crippen LogP contribution in [0.4, 0.5) is 5.82 Å². The standard InChI is InChI=1S/C9H12N2S/c1-7(2)12-6-8-3-4-9(10)11-5-8/h3-5,7H,1-2H3,(H2,10,11). The summed E-state index contributed by atoms with van der Waals surface area (Å²) in [7, 11) is 0. The normalized spacial score (nSPS) is 9.58. The third kappa shape index (κ3) is 2.91. The zero-order valence-corrected chi connectivity index (χ0v) is 8.06. The van der Waals surface area contributed by atoms with Gasteiger partial charge in [0.05, 0.1) is 0 Å². The summed E-state index contributed by atoms with van der Waals surface area (Å²) in [6, 6.07) is 3.70. The first-order chi connectivity index (χ1) is 5.68. The van der Waals surface area contributed by atoms with Crippen LogP contribution in [0.1, 0.15) is 19.4 Å². The highest BCUT2D eigenvalue weighted by atomic mass is 32.1. The lowest BCUT2D eigenvalue weighted by atomic mass is 10.3. The van der Waals surface area contributed by atoms with E-state index in [-0.39, 0.29) is 0 Å². The van der Waals surface area contributed by atoms with Crippen molar-refractivity contribution in [2.24, 2.45) is 0 Å². The Morgan fingerprint density at radius 3 is 2.75 bits per heavy atom. The average molecular weight is 180 g/mol. The molecule has 0 radical (unpaired) electrons. The molecule has 1 aromatic heterocycles. The van der Waals surface area contributed by atoms with Gasteiger partial charge >= 0.3 is 0 Å². The molecule has 0 atom stereocenters. The molecule has 0 saturated carbocycles. The summed E-state index contributed by atoms with van der Waals surface area (Å²) in [6.07, 6.45) is 1.73. The van der Waals surface area contributed by atoms with Crippen molar-refractivity contribution in [3.63, 3.8) is 0 Å². The van der Waals surface area contributed by atoms with Crippen molar-refractivity contribution >= 4 is 17.0 Å². The maximum atomic E-state index is 5.44. The molecule has 0 saturated heterocycles. The van der Waals surface area contributed by atoms with E-state index in [4.69, 9.17) is 5.73 Å². The summed E-state index contributed by atoms with van der Waals surface area (Å²) in [5.74, 6) is 0.551. The van der Waals surface area contributed by atoms with Crippen LogP contribution in [-0.4, -0.2) is 10.2 Å². The molecule has 0 aromatic carbocycles. The van der Waals surface area contributed by atoms with Gasteiger partial charge in [-0.05, 0) is 26.0 Å². The van der Waals surface area contributed by atoms with Crippen LogP contribution in [0.2, 0.25) is 0 Å². The number of rotatable bonds is 0. The van der Waals surface area contributed by atoms with Crippen molar-refractivity contribution in [1.82, 2.24) is 4.98 Å². The number of hydrogen-bond acceptors (Lipinski definition) is 2. The minimum atomic E-state index is 0.551. The summed E-state index contributed by atoms with van der Waals surface area (Å²) in [5, 5.41) is 3.73. The number of nitrogens with two attached hydrogens (primary N) is 1. The van der Waals surface area contributed by atoms with Crippen molar-refractivity contribution < 1.29 is 0 Å². The molecule has 1 aromatic rings. The first-order valence-electron chi connectivity index (χ1n) is 3.81. The molecule has 0 aliphatic carbocycles. The molecule has 1 heterocycles. The van der Waals surface area contributed by atoms with E-state index in [0.717, 1.165) is 5.56 Å². The van der Waals surface area contributed by atoms with Gasteiger partial charge in [0.1, 0.15) is 5.82 Å². The number of anilines is 1. The third-order valence-electron chi connectivity index (χ3n) is 1.20. The van der Waals surface area contributed by atoms with Crippen molar-refractivity contribution in [3.05, 3.63) is 23.9 Å². The predicted octanol–water partition coefficient (Wildman–Crippen LogP) is 2.11. The van der Waals surface area contributed by atoms with Gasteiger partial charge in [-0.25, -0.2) is 4.98 Å². The molecule has 0 amide bonds.